The first-order valence-corrected chi connectivity index (χ1v) is 7.98. The van der Waals surface area contributed by atoms with Gasteiger partial charge in [-0.3, -0.25) is 0 Å². The fourth-order valence-electron chi connectivity index (χ4n) is 2.31. The van der Waals surface area contributed by atoms with E-state index in [1.165, 1.54) is 0 Å². The van der Waals surface area contributed by atoms with Crippen LogP contribution >= 0.6 is 0 Å². The van der Waals surface area contributed by atoms with E-state index in [0.29, 0.717) is 25.6 Å². The minimum Gasteiger partial charge on any atom is -0.381 e. The Bertz CT molecular complexity index is 532. The van der Waals surface area contributed by atoms with Gasteiger partial charge in [0, 0.05) is 25.7 Å². The summed E-state index contributed by atoms with van der Waals surface area (Å²) in [4.78, 5) is 0. The van der Waals surface area contributed by atoms with E-state index in [2.05, 4.69) is 10.2 Å². The Labute approximate surface area is 113 Å². The van der Waals surface area contributed by atoms with Crippen molar-refractivity contribution in [2.45, 2.75) is 44.3 Å². The van der Waals surface area contributed by atoms with Gasteiger partial charge in [0.2, 0.25) is 0 Å². The quantitative estimate of drug-likeness (QED) is 0.868. The Morgan fingerprint density at radius 1 is 1.37 bits per heavy atom. The maximum absolute atomic E-state index is 11.6. The highest BCUT2D eigenvalue weighted by Gasteiger charge is 2.27. The lowest BCUT2D eigenvalue weighted by atomic mass is 9.99. The zero-order valence-corrected chi connectivity index (χ0v) is 12.1. The van der Waals surface area contributed by atoms with Gasteiger partial charge in [-0.15, -0.1) is 10.2 Å². The number of nitrogens with two attached hydrogens (primary N) is 1. The highest BCUT2D eigenvalue weighted by Crippen LogP contribution is 2.27. The summed E-state index contributed by atoms with van der Waals surface area (Å²) in [6.45, 7) is 5.92. The van der Waals surface area contributed by atoms with Crippen LogP contribution in [0.5, 0.6) is 0 Å². The van der Waals surface area contributed by atoms with Gasteiger partial charge in [-0.25, -0.2) is 13.6 Å². The Hall–Kier alpha value is -0.990. The highest BCUT2D eigenvalue weighted by atomic mass is 32.2. The summed E-state index contributed by atoms with van der Waals surface area (Å²) in [6, 6.07) is 0. The topological polar surface area (TPSA) is 100 Å². The standard InChI is InChI=1S/C11H20N4O3S/c1-8(2)7-15-10(9-3-5-18-6-4-9)13-14-11(15)19(12,16)17/h8-9H,3-7H2,1-2H3,(H2,12,16,17). The number of aromatic nitrogens is 3. The van der Waals surface area contributed by atoms with Gasteiger partial charge in [-0.2, -0.15) is 0 Å². The van der Waals surface area contributed by atoms with E-state index in [1.807, 2.05) is 13.8 Å². The molecule has 19 heavy (non-hydrogen) atoms. The zero-order valence-electron chi connectivity index (χ0n) is 11.2. The molecule has 1 aliphatic rings. The van der Waals surface area contributed by atoms with E-state index in [1.54, 1.807) is 4.57 Å². The number of nitrogens with zero attached hydrogens (tertiary/aromatic N) is 3. The minimum atomic E-state index is -3.84. The third-order valence-electron chi connectivity index (χ3n) is 3.13. The van der Waals surface area contributed by atoms with Gasteiger partial charge < -0.3 is 9.30 Å². The molecule has 1 fully saturated rings. The van der Waals surface area contributed by atoms with E-state index < -0.39 is 10.0 Å². The summed E-state index contributed by atoms with van der Waals surface area (Å²) in [5, 5.41) is 12.9. The third-order valence-corrected chi connectivity index (χ3v) is 3.95. The monoisotopic (exact) mass is 288 g/mol. The summed E-state index contributed by atoms with van der Waals surface area (Å²) in [5.74, 6) is 1.19. The molecule has 8 heteroatoms. The van der Waals surface area contributed by atoms with E-state index in [4.69, 9.17) is 9.88 Å². The minimum absolute atomic E-state index is 0.136. The lowest BCUT2D eigenvalue weighted by molar-refractivity contribution is 0.0824. The van der Waals surface area contributed by atoms with Gasteiger partial charge in [0.05, 0.1) is 0 Å². The summed E-state index contributed by atoms with van der Waals surface area (Å²) < 4.78 is 30.1. The largest absolute Gasteiger partial charge is 0.381 e. The van der Waals surface area contributed by atoms with Gasteiger partial charge >= 0.3 is 0 Å². The van der Waals surface area contributed by atoms with Crippen LogP contribution in [0.3, 0.4) is 0 Å². The molecule has 108 valence electrons. The molecule has 0 aliphatic carbocycles. The second-order valence-electron chi connectivity index (χ2n) is 5.28. The van der Waals surface area contributed by atoms with Crippen molar-refractivity contribution in [3.63, 3.8) is 0 Å². The molecule has 1 aromatic heterocycles. The number of primary sulfonamides is 1. The fraction of sp³-hybridized carbons (Fsp3) is 0.818. The van der Waals surface area contributed by atoms with Crippen molar-refractivity contribution in [2.24, 2.45) is 11.1 Å². The third kappa shape index (κ3) is 3.31. The van der Waals surface area contributed by atoms with Gasteiger partial charge in [0.15, 0.2) is 0 Å². The van der Waals surface area contributed by atoms with E-state index >= 15 is 0 Å². The summed E-state index contributed by atoms with van der Waals surface area (Å²) >= 11 is 0. The number of rotatable bonds is 4. The van der Waals surface area contributed by atoms with Crippen molar-refractivity contribution < 1.29 is 13.2 Å². The fourth-order valence-corrected chi connectivity index (χ4v) is 2.93. The molecule has 0 unspecified atom stereocenters. The van der Waals surface area contributed by atoms with Gasteiger partial charge in [-0.1, -0.05) is 13.8 Å². The molecule has 2 rings (SSSR count). The molecule has 0 aromatic carbocycles. The van der Waals surface area contributed by atoms with Crippen LogP contribution in [0, 0.1) is 5.92 Å². The number of hydrogen-bond donors (Lipinski definition) is 1. The molecule has 0 atom stereocenters. The first-order valence-electron chi connectivity index (χ1n) is 6.43. The summed E-state index contributed by atoms with van der Waals surface area (Å²) in [6.07, 6.45) is 1.67. The Kier molecular flexibility index (Phi) is 4.22. The normalized spacial score (nSPS) is 18.1. The van der Waals surface area contributed by atoms with Crippen LogP contribution in [0.4, 0.5) is 0 Å². The molecule has 0 amide bonds. The smallest absolute Gasteiger partial charge is 0.273 e. The Morgan fingerprint density at radius 2 is 2.00 bits per heavy atom. The molecule has 0 spiro atoms. The SMILES string of the molecule is CC(C)Cn1c(C2CCOCC2)nnc1S(N)(=O)=O. The van der Waals surface area contributed by atoms with E-state index in [9.17, 15) is 8.42 Å². The van der Waals surface area contributed by atoms with Gasteiger partial charge in [-0.05, 0) is 18.8 Å². The average Bonchev–Trinajstić information content (AvgIpc) is 2.72. The Morgan fingerprint density at radius 3 is 2.53 bits per heavy atom. The second-order valence-corrected chi connectivity index (χ2v) is 6.73. The van der Waals surface area contributed by atoms with E-state index in [0.717, 1.165) is 12.8 Å². The Balaban J connectivity index is 2.40. The van der Waals surface area contributed by atoms with Crippen LogP contribution < -0.4 is 5.14 Å². The molecule has 0 radical (unpaired) electrons. The summed E-state index contributed by atoms with van der Waals surface area (Å²) in [5.41, 5.74) is 0. The number of ether oxygens (including phenoxy) is 1. The second kappa shape index (κ2) is 5.56. The van der Waals surface area contributed by atoms with Crippen LogP contribution in [0.2, 0.25) is 0 Å². The molecule has 7 nitrogen and oxygen atoms in total. The van der Waals surface area contributed by atoms with Crippen molar-refractivity contribution in [3.8, 4) is 0 Å². The van der Waals surface area contributed by atoms with Crippen molar-refractivity contribution in [1.82, 2.24) is 14.8 Å². The maximum atomic E-state index is 11.6. The first-order chi connectivity index (χ1) is 8.89. The zero-order chi connectivity index (χ0) is 14.0. The van der Waals surface area contributed by atoms with Crippen LogP contribution in [0.15, 0.2) is 5.16 Å². The molecule has 2 N–H and O–H groups in total. The molecule has 0 saturated carbocycles. The van der Waals surface area contributed by atoms with Crippen molar-refractivity contribution in [2.75, 3.05) is 13.2 Å². The van der Waals surface area contributed by atoms with Crippen LogP contribution in [0.1, 0.15) is 38.4 Å². The number of hydrogen-bond acceptors (Lipinski definition) is 5. The van der Waals surface area contributed by atoms with Crippen LogP contribution in [0.25, 0.3) is 0 Å². The highest BCUT2D eigenvalue weighted by molar-refractivity contribution is 7.89. The van der Waals surface area contributed by atoms with Gasteiger partial charge in [0.1, 0.15) is 5.82 Å². The average molecular weight is 288 g/mol. The van der Waals surface area contributed by atoms with Crippen molar-refractivity contribution in [3.05, 3.63) is 5.82 Å². The van der Waals surface area contributed by atoms with E-state index in [-0.39, 0.29) is 17.0 Å². The molecular weight excluding hydrogens is 268 g/mol. The molecule has 0 bridgehead atoms. The predicted octanol–water partition coefficient (Wildman–Crippen LogP) is 0.476. The molecule has 1 aromatic rings. The maximum Gasteiger partial charge on any atom is 0.273 e. The van der Waals surface area contributed by atoms with Crippen LogP contribution in [-0.4, -0.2) is 36.4 Å². The van der Waals surface area contributed by atoms with Crippen LogP contribution in [-0.2, 0) is 21.3 Å². The molecular formula is C11H20N4O3S. The lowest BCUT2D eigenvalue weighted by Crippen LogP contribution is -2.23. The molecule has 2 heterocycles. The van der Waals surface area contributed by atoms with Gasteiger partial charge in [0.25, 0.3) is 15.2 Å². The first kappa shape index (κ1) is 14.4. The lowest BCUT2D eigenvalue weighted by Gasteiger charge is -2.22. The predicted molar refractivity (Wildman–Crippen MR) is 69.0 cm³/mol. The number of sulfonamides is 1. The van der Waals surface area contributed by atoms with Crippen molar-refractivity contribution in [1.29, 1.82) is 0 Å². The van der Waals surface area contributed by atoms with Crippen molar-refractivity contribution >= 4 is 10.0 Å². The summed E-state index contributed by atoms with van der Waals surface area (Å²) in [7, 11) is -3.84. The molecule has 1 saturated heterocycles. The molecule has 1 aliphatic heterocycles.